The summed E-state index contributed by atoms with van der Waals surface area (Å²) in [7, 11) is 0. The number of nitrogens with one attached hydrogen (secondary N) is 1. The standard InChI is InChI=1S/C14H12N2O2S/c17-6-2-4-11-3-1-5-12(7-11)14(18)16-9-13-8-15-10-19-13/h1,3,5,7-8,10,17H,6,9H2,(H,16,18). The lowest BCUT2D eigenvalue weighted by Crippen LogP contribution is -2.22. The van der Waals surface area contributed by atoms with Crippen molar-refractivity contribution >= 4 is 17.2 Å². The molecule has 0 bridgehead atoms. The van der Waals surface area contributed by atoms with E-state index in [1.807, 2.05) is 0 Å². The van der Waals surface area contributed by atoms with E-state index in [2.05, 4.69) is 22.1 Å². The Morgan fingerprint density at radius 3 is 3.11 bits per heavy atom. The zero-order valence-corrected chi connectivity index (χ0v) is 10.9. The molecule has 0 atom stereocenters. The number of hydrogen-bond donors (Lipinski definition) is 2. The van der Waals surface area contributed by atoms with Crippen LogP contribution in [-0.2, 0) is 6.54 Å². The van der Waals surface area contributed by atoms with Crippen LogP contribution in [0.3, 0.4) is 0 Å². The lowest BCUT2D eigenvalue weighted by molar-refractivity contribution is 0.0951. The third-order valence-electron chi connectivity index (χ3n) is 2.34. The summed E-state index contributed by atoms with van der Waals surface area (Å²) in [6.07, 6.45) is 1.73. The second-order valence-corrected chi connectivity index (χ2v) is 4.66. The number of benzene rings is 1. The van der Waals surface area contributed by atoms with Crippen LogP contribution in [0.1, 0.15) is 20.8 Å². The van der Waals surface area contributed by atoms with E-state index in [9.17, 15) is 4.79 Å². The van der Waals surface area contributed by atoms with Crippen LogP contribution in [0.4, 0.5) is 0 Å². The molecule has 0 saturated heterocycles. The van der Waals surface area contributed by atoms with Crippen molar-refractivity contribution in [2.24, 2.45) is 0 Å². The maximum absolute atomic E-state index is 11.9. The highest BCUT2D eigenvalue weighted by Gasteiger charge is 2.05. The number of aliphatic hydroxyl groups is 1. The number of thiazole rings is 1. The van der Waals surface area contributed by atoms with Crippen molar-refractivity contribution in [1.29, 1.82) is 0 Å². The van der Waals surface area contributed by atoms with Gasteiger partial charge >= 0.3 is 0 Å². The number of aliphatic hydroxyl groups excluding tert-OH is 1. The second-order valence-electron chi connectivity index (χ2n) is 3.69. The number of carbonyl (C=O) groups is 1. The molecule has 0 fully saturated rings. The molecule has 0 unspecified atom stereocenters. The molecule has 4 nitrogen and oxygen atoms in total. The largest absolute Gasteiger partial charge is 0.384 e. The Kier molecular flexibility index (Phi) is 4.67. The Morgan fingerprint density at radius 1 is 1.47 bits per heavy atom. The van der Waals surface area contributed by atoms with Crippen molar-refractivity contribution in [1.82, 2.24) is 10.3 Å². The van der Waals surface area contributed by atoms with Crippen LogP contribution in [0.5, 0.6) is 0 Å². The minimum Gasteiger partial charge on any atom is -0.384 e. The molecular weight excluding hydrogens is 260 g/mol. The first-order valence-corrected chi connectivity index (χ1v) is 6.53. The molecule has 2 N–H and O–H groups in total. The highest BCUT2D eigenvalue weighted by atomic mass is 32.1. The fourth-order valence-corrected chi connectivity index (χ4v) is 2.01. The minimum absolute atomic E-state index is 0.152. The molecule has 1 amide bonds. The van der Waals surface area contributed by atoms with E-state index in [1.54, 1.807) is 36.0 Å². The molecule has 19 heavy (non-hydrogen) atoms. The van der Waals surface area contributed by atoms with Gasteiger partial charge in [-0.1, -0.05) is 17.9 Å². The first-order chi connectivity index (χ1) is 9.29. The Hall–Kier alpha value is -2.16. The molecule has 96 valence electrons. The van der Waals surface area contributed by atoms with Crippen molar-refractivity contribution in [3.05, 3.63) is 52.0 Å². The summed E-state index contributed by atoms with van der Waals surface area (Å²) in [5.74, 6) is 5.17. The van der Waals surface area contributed by atoms with Gasteiger partial charge in [0.15, 0.2) is 0 Å². The minimum atomic E-state index is -0.193. The molecule has 0 aliphatic carbocycles. The predicted molar refractivity (Wildman–Crippen MR) is 73.7 cm³/mol. The van der Waals surface area contributed by atoms with Crippen molar-refractivity contribution in [2.45, 2.75) is 6.54 Å². The van der Waals surface area contributed by atoms with Gasteiger partial charge in [0.25, 0.3) is 5.91 Å². The molecular formula is C14H12N2O2S. The summed E-state index contributed by atoms with van der Waals surface area (Å²) in [5.41, 5.74) is 2.99. The zero-order chi connectivity index (χ0) is 13.5. The summed E-state index contributed by atoms with van der Waals surface area (Å²) >= 11 is 1.50. The van der Waals surface area contributed by atoms with Crippen LogP contribution < -0.4 is 5.32 Å². The van der Waals surface area contributed by atoms with Gasteiger partial charge in [0.05, 0.1) is 12.1 Å². The molecule has 0 saturated carbocycles. The number of amides is 1. The van der Waals surface area contributed by atoms with Gasteiger partial charge in [0.1, 0.15) is 6.61 Å². The van der Waals surface area contributed by atoms with Gasteiger partial charge in [-0.15, -0.1) is 11.3 Å². The monoisotopic (exact) mass is 272 g/mol. The lowest BCUT2D eigenvalue weighted by atomic mass is 10.1. The van der Waals surface area contributed by atoms with Crippen molar-refractivity contribution in [3.8, 4) is 11.8 Å². The van der Waals surface area contributed by atoms with E-state index in [-0.39, 0.29) is 12.5 Å². The first kappa shape index (κ1) is 13.3. The highest BCUT2D eigenvalue weighted by molar-refractivity contribution is 7.09. The van der Waals surface area contributed by atoms with Gasteiger partial charge in [0, 0.05) is 22.2 Å². The van der Waals surface area contributed by atoms with Crippen LogP contribution in [-0.4, -0.2) is 22.6 Å². The summed E-state index contributed by atoms with van der Waals surface area (Å²) in [4.78, 5) is 16.9. The van der Waals surface area contributed by atoms with Crippen molar-refractivity contribution in [2.75, 3.05) is 6.61 Å². The molecule has 0 spiro atoms. The number of nitrogens with zero attached hydrogens (tertiary/aromatic N) is 1. The molecule has 0 aliphatic heterocycles. The topological polar surface area (TPSA) is 62.2 Å². The smallest absolute Gasteiger partial charge is 0.251 e. The van der Waals surface area contributed by atoms with Crippen molar-refractivity contribution < 1.29 is 9.90 Å². The van der Waals surface area contributed by atoms with Crippen LogP contribution in [0.2, 0.25) is 0 Å². The van der Waals surface area contributed by atoms with Gasteiger partial charge in [-0.05, 0) is 18.2 Å². The molecule has 0 aliphatic rings. The number of carbonyl (C=O) groups excluding carboxylic acids is 1. The SMILES string of the molecule is O=C(NCc1cncs1)c1cccc(C#CCO)c1. The number of hydrogen-bond acceptors (Lipinski definition) is 4. The molecule has 1 aromatic carbocycles. The number of aromatic nitrogens is 1. The van der Waals surface area contributed by atoms with E-state index >= 15 is 0 Å². The van der Waals surface area contributed by atoms with E-state index in [0.717, 1.165) is 4.88 Å². The third-order valence-corrected chi connectivity index (χ3v) is 3.12. The summed E-state index contributed by atoms with van der Waals surface area (Å²) in [6.45, 7) is 0.276. The van der Waals surface area contributed by atoms with Gasteiger partial charge < -0.3 is 10.4 Å². The predicted octanol–water partition coefficient (Wildman–Crippen LogP) is 1.42. The molecule has 2 rings (SSSR count). The van der Waals surface area contributed by atoms with Crippen LogP contribution >= 0.6 is 11.3 Å². The van der Waals surface area contributed by atoms with Crippen LogP contribution in [0.25, 0.3) is 0 Å². The highest BCUT2D eigenvalue weighted by Crippen LogP contribution is 2.07. The summed E-state index contributed by atoms with van der Waals surface area (Å²) < 4.78 is 0. The van der Waals surface area contributed by atoms with Gasteiger partial charge in [-0.3, -0.25) is 9.78 Å². The Bertz CT molecular complexity index is 612. The zero-order valence-electron chi connectivity index (χ0n) is 10.1. The number of rotatable bonds is 3. The Morgan fingerprint density at radius 2 is 2.37 bits per heavy atom. The average Bonchev–Trinajstić information content (AvgIpc) is 2.96. The van der Waals surface area contributed by atoms with Crippen molar-refractivity contribution in [3.63, 3.8) is 0 Å². The maximum atomic E-state index is 11.9. The van der Waals surface area contributed by atoms with E-state index in [4.69, 9.17) is 5.11 Å². The Labute approximate surface area is 115 Å². The summed E-state index contributed by atoms with van der Waals surface area (Å²) in [5, 5.41) is 11.5. The molecule has 2 aromatic rings. The van der Waals surface area contributed by atoms with Gasteiger partial charge in [-0.2, -0.15) is 0 Å². The van der Waals surface area contributed by atoms with E-state index in [1.165, 1.54) is 11.3 Å². The maximum Gasteiger partial charge on any atom is 0.251 e. The Balaban J connectivity index is 2.02. The van der Waals surface area contributed by atoms with Crippen LogP contribution in [0.15, 0.2) is 36.0 Å². The fourth-order valence-electron chi connectivity index (χ4n) is 1.48. The van der Waals surface area contributed by atoms with Gasteiger partial charge in [-0.25, -0.2) is 0 Å². The normalized spacial score (nSPS) is 9.53. The molecule has 1 aromatic heterocycles. The lowest BCUT2D eigenvalue weighted by Gasteiger charge is -2.03. The molecule has 5 heteroatoms. The first-order valence-electron chi connectivity index (χ1n) is 5.65. The molecule has 1 heterocycles. The van der Waals surface area contributed by atoms with Crippen LogP contribution in [0, 0.1) is 11.8 Å². The average molecular weight is 272 g/mol. The second kappa shape index (κ2) is 6.69. The van der Waals surface area contributed by atoms with E-state index < -0.39 is 0 Å². The van der Waals surface area contributed by atoms with Gasteiger partial charge in [0.2, 0.25) is 0 Å². The molecule has 0 radical (unpaired) electrons. The third kappa shape index (κ3) is 3.91. The quantitative estimate of drug-likeness (QED) is 0.831. The summed E-state index contributed by atoms with van der Waals surface area (Å²) in [6, 6.07) is 6.99. The fraction of sp³-hybridized carbons (Fsp3) is 0.143. The van der Waals surface area contributed by atoms with E-state index in [0.29, 0.717) is 17.7 Å².